The van der Waals surface area contributed by atoms with E-state index in [0.29, 0.717) is 0 Å². The average Bonchev–Trinajstić information content (AvgIpc) is 2.62. The third kappa shape index (κ3) is 1.56. The molecule has 1 rings (SSSR count). The molecule has 0 atom stereocenters. The van der Waals surface area contributed by atoms with Crippen molar-refractivity contribution < 1.29 is 0 Å². The first-order chi connectivity index (χ1) is 10.9. The predicted molar refractivity (Wildman–Crippen MR) is 110 cm³/mol. The Hall–Kier alpha value is -1.56. The molecule has 1 aliphatic rings. The molecule has 1 saturated carbocycles. The fraction of sp³-hybridized carbons (Fsp3) is 0.500. The average molecular weight is 325 g/mol. The van der Waals surface area contributed by atoms with Crippen LogP contribution in [0, 0.1) is 32.5 Å². The van der Waals surface area contributed by atoms with Gasteiger partial charge >= 0.3 is 0 Å². The first kappa shape index (κ1) is 20.5. The zero-order chi connectivity index (χ0) is 19.2. The minimum atomic E-state index is -0.308. The molecule has 0 spiro atoms. The van der Waals surface area contributed by atoms with Gasteiger partial charge in [-0.15, -0.1) is 39.5 Å². The Kier molecular flexibility index (Phi) is 4.67. The van der Waals surface area contributed by atoms with E-state index in [1.807, 2.05) is 0 Å². The Bertz CT molecular complexity index is 446. The summed E-state index contributed by atoms with van der Waals surface area (Å²) in [4.78, 5) is 0. The van der Waals surface area contributed by atoms with Crippen LogP contribution in [0.3, 0.4) is 0 Å². The van der Waals surface area contributed by atoms with Gasteiger partial charge in [0, 0.05) is 32.5 Å². The van der Waals surface area contributed by atoms with Crippen molar-refractivity contribution in [3.8, 4) is 0 Å². The number of hydrogen-bond acceptors (Lipinski definition) is 0. The summed E-state index contributed by atoms with van der Waals surface area (Å²) in [6.45, 7) is 38.9. The van der Waals surface area contributed by atoms with Gasteiger partial charge in [0.2, 0.25) is 0 Å². The van der Waals surface area contributed by atoms with E-state index >= 15 is 0 Å². The van der Waals surface area contributed by atoms with E-state index in [9.17, 15) is 0 Å². The molecule has 0 aromatic carbocycles. The molecule has 0 bridgehead atoms. The lowest BCUT2D eigenvalue weighted by Crippen LogP contribution is -2.72. The molecule has 1 fully saturated rings. The quantitative estimate of drug-likeness (QED) is 0.455. The Morgan fingerprint density at radius 1 is 0.333 bits per heavy atom. The van der Waals surface area contributed by atoms with E-state index in [0.717, 1.165) is 0 Å². The van der Waals surface area contributed by atoms with E-state index in [1.165, 1.54) is 0 Å². The van der Waals surface area contributed by atoms with Gasteiger partial charge in [0.25, 0.3) is 0 Å². The SMILES string of the molecule is C=CC1(C)C(C)(C=C)C(C)(C=C)C(C)(C=C)C(C)(C=C)C1(C)C=C. The second kappa shape index (κ2) is 5.48. The molecule has 0 unspecified atom stereocenters. The summed E-state index contributed by atoms with van der Waals surface area (Å²) in [5, 5.41) is 0. The Morgan fingerprint density at radius 2 is 0.417 bits per heavy atom. The highest BCUT2D eigenvalue weighted by molar-refractivity contribution is 5.41. The van der Waals surface area contributed by atoms with Crippen molar-refractivity contribution in [3.05, 3.63) is 75.9 Å². The molecule has 0 nitrogen and oxygen atoms in total. The fourth-order valence-corrected chi connectivity index (χ4v) is 5.78. The molecule has 0 radical (unpaired) electrons. The summed E-state index contributed by atoms with van der Waals surface area (Å²) in [6, 6.07) is 0. The highest BCUT2D eigenvalue weighted by Crippen LogP contribution is 2.80. The first-order valence-electron chi connectivity index (χ1n) is 8.68. The third-order valence-electron chi connectivity index (χ3n) is 8.92. The Labute approximate surface area is 150 Å². The molecule has 0 heterocycles. The summed E-state index contributed by atoms with van der Waals surface area (Å²) >= 11 is 0. The van der Waals surface area contributed by atoms with Gasteiger partial charge in [0.15, 0.2) is 0 Å². The van der Waals surface area contributed by atoms with Gasteiger partial charge in [-0.1, -0.05) is 78.0 Å². The summed E-state index contributed by atoms with van der Waals surface area (Å²) in [5.74, 6) is 0. The first-order valence-corrected chi connectivity index (χ1v) is 8.68. The van der Waals surface area contributed by atoms with Gasteiger partial charge in [-0.05, 0) is 0 Å². The van der Waals surface area contributed by atoms with E-state index in [1.54, 1.807) is 0 Å². The second-order valence-corrected chi connectivity index (χ2v) is 8.44. The lowest BCUT2D eigenvalue weighted by molar-refractivity contribution is -0.212. The maximum atomic E-state index is 4.23. The van der Waals surface area contributed by atoms with Crippen molar-refractivity contribution in [1.82, 2.24) is 0 Å². The minimum Gasteiger partial charge on any atom is -0.102 e. The number of allylic oxidation sites excluding steroid dienone is 6. The standard InChI is InChI=1S/C24H36/c1-13-19(7)20(8,14-2)22(10,16-4)24(12,18-6)23(11,17-5)21(19,9)15-3/h13-18H,1-6H2,7-12H3. The normalized spacial score (nSPS) is 51.2. The van der Waals surface area contributed by atoms with E-state index in [4.69, 9.17) is 0 Å². The van der Waals surface area contributed by atoms with Crippen molar-refractivity contribution in [1.29, 1.82) is 0 Å². The van der Waals surface area contributed by atoms with Gasteiger partial charge in [-0.3, -0.25) is 0 Å². The lowest BCUT2D eigenvalue weighted by atomic mass is 9.26. The van der Waals surface area contributed by atoms with Crippen LogP contribution in [-0.2, 0) is 0 Å². The molecule has 0 aromatic heterocycles. The van der Waals surface area contributed by atoms with Crippen LogP contribution in [0.1, 0.15) is 41.5 Å². The molecule has 0 aliphatic heterocycles. The maximum Gasteiger partial charge on any atom is 0.00442 e. The summed E-state index contributed by atoms with van der Waals surface area (Å²) < 4.78 is 0. The van der Waals surface area contributed by atoms with Gasteiger partial charge in [-0.2, -0.15) is 0 Å². The summed E-state index contributed by atoms with van der Waals surface area (Å²) in [5.41, 5.74) is -1.85. The molecule has 0 heteroatoms. The number of hydrogen-bond donors (Lipinski definition) is 0. The van der Waals surface area contributed by atoms with Crippen LogP contribution in [0.5, 0.6) is 0 Å². The number of rotatable bonds is 6. The topological polar surface area (TPSA) is 0 Å². The minimum absolute atomic E-state index is 0.308. The van der Waals surface area contributed by atoms with Gasteiger partial charge in [0.05, 0.1) is 0 Å². The molecule has 0 aromatic rings. The molecule has 1 aliphatic carbocycles. The molecule has 0 amide bonds. The summed E-state index contributed by atoms with van der Waals surface area (Å²) in [7, 11) is 0. The lowest BCUT2D eigenvalue weighted by Gasteiger charge is -2.76. The van der Waals surface area contributed by atoms with Crippen LogP contribution in [0.4, 0.5) is 0 Å². The highest BCUT2D eigenvalue weighted by atomic mass is 14.8. The van der Waals surface area contributed by atoms with Crippen LogP contribution in [0.15, 0.2) is 75.9 Å². The van der Waals surface area contributed by atoms with E-state index in [-0.39, 0.29) is 32.5 Å². The second-order valence-electron chi connectivity index (χ2n) is 8.44. The van der Waals surface area contributed by atoms with Crippen molar-refractivity contribution in [2.75, 3.05) is 0 Å². The zero-order valence-electron chi connectivity index (χ0n) is 16.7. The predicted octanol–water partition coefficient (Wildman–Crippen LogP) is 7.15. The van der Waals surface area contributed by atoms with Gasteiger partial charge in [-0.25, -0.2) is 0 Å². The van der Waals surface area contributed by atoms with Gasteiger partial charge in [0.1, 0.15) is 0 Å². The molecular formula is C24H36. The van der Waals surface area contributed by atoms with Crippen LogP contribution in [0.2, 0.25) is 0 Å². The maximum absolute atomic E-state index is 4.23. The molecule has 0 saturated heterocycles. The zero-order valence-corrected chi connectivity index (χ0v) is 16.7. The third-order valence-corrected chi connectivity index (χ3v) is 8.92. The van der Waals surface area contributed by atoms with Crippen molar-refractivity contribution in [2.45, 2.75) is 41.5 Å². The summed E-state index contributed by atoms with van der Waals surface area (Å²) in [6.07, 6.45) is 12.4. The van der Waals surface area contributed by atoms with Gasteiger partial charge < -0.3 is 0 Å². The van der Waals surface area contributed by atoms with Crippen molar-refractivity contribution in [3.63, 3.8) is 0 Å². The van der Waals surface area contributed by atoms with Crippen LogP contribution >= 0.6 is 0 Å². The smallest absolute Gasteiger partial charge is 0.00442 e. The monoisotopic (exact) mass is 324 g/mol. The largest absolute Gasteiger partial charge is 0.102 e. The van der Waals surface area contributed by atoms with Crippen molar-refractivity contribution >= 4 is 0 Å². The van der Waals surface area contributed by atoms with Crippen LogP contribution < -0.4 is 0 Å². The van der Waals surface area contributed by atoms with E-state index < -0.39 is 0 Å². The Morgan fingerprint density at radius 3 is 0.458 bits per heavy atom. The van der Waals surface area contributed by atoms with Crippen molar-refractivity contribution in [2.24, 2.45) is 32.5 Å². The molecule has 24 heavy (non-hydrogen) atoms. The van der Waals surface area contributed by atoms with E-state index in [2.05, 4.69) is 117 Å². The van der Waals surface area contributed by atoms with Crippen LogP contribution in [0.25, 0.3) is 0 Å². The van der Waals surface area contributed by atoms with Crippen LogP contribution in [-0.4, -0.2) is 0 Å². The molecule has 132 valence electrons. The molecule has 0 N–H and O–H groups in total. The fourth-order valence-electron chi connectivity index (χ4n) is 5.78. The molecular weight excluding hydrogens is 288 g/mol. The Balaban J connectivity index is 4.30. The highest BCUT2D eigenvalue weighted by Gasteiger charge is 2.75.